The van der Waals surface area contributed by atoms with Crippen molar-refractivity contribution in [3.8, 4) is 5.69 Å². The van der Waals surface area contributed by atoms with Crippen molar-refractivity contribution in [3.63, 3.8) is 0 Å². The molecule has 4 rings (SSSR count). The number of ether oxygens (including phenoxy) is 1. The molecular formula is C23H32F3N5O. The maximum absolute atomic E-state index is 14.0. The van der Waals surface area contributed by atoms with Gasteiger partial charge >= 0.3 is 0 Å². The fourth-order valence-electron chi connectivity index (χ4n) is 4.31. The lowest BCUT2D eigenvalue weighted by molar-refractivity contribution is 0.0331. The number of rotatable bonds is 7. The number of anilines is 1. The molecule has 3 heterocycles. The van der Waals surface area contributed by atoms with Crippen molar-refractivity contribution in [1.82, 2.24) is 19.6 Å². The second kappa shape index (κ2) is 10.2. The Morgan fingerprint density at radius 3 is 2.19 bits per heavy atom. The summed E-state index contributed by atoms with van der Waals surface area (Å²) in [5, 5.41) is 4.70. The van der Waals surface area contributed by atoms with Crippen LogP contribution >= 0.6 is 0 Å². The molecule has 0 unspecified atom stereocenters. The molecule has 0 spiro atoms. The SMILES string of the molecule is CC(C)c1cc(N2CCN(CCN3CCOCC3)CC2)nn1-c1cc(F)cc(C(F)F)c1. The van der Waals surface area contributed by atoms with Gasteiger partial charge in [-0.05, 0) is 24.1 Å². The second-order valence-electron chi connectivity index (χ2n) is 8.82. The van der Waals surface area contributed by atoms with Gasteiger partial charge in [0.2, 0.25) is 0 Å². The second-order valence-corrected chi connectivity index (χ2v) is 8.82. The summed E-state index contributed by atoms with van der Waals surface area (Å²) in [6.45, 7) is 13.4. The molecule has 2 saturated heterocycles. The van der Waals surface area contributed by atoms with Gasteiger partial charge in [0, 0.05) is 69.7 Å². The van der Waals surface area contributed by atoms with Gasteiger partial charge in [-0.2, -0.15) is 5.10 Å². The Morgan fingerprint density at radius 1 is 0.906 bits per heavy atom. The van der Waals surface area contributed by atoms with E-state index in [0.29, 0.717) is 5.69 Å². The van der Waals surface area contributed by atoms with E-state index in [9.17, 15) is 13.2 Å². The zero-order valence-corrected chi connectivity index (χ0v) is 18.8. The number of alkyl halides is 2. The van der Waals surface area contributed by atoms with Crippen molar-refractivity contribution >= 4 is 5.82 Å². The van der Waals surface area contributed by atoms with Gasteiger partial charge in [-0.1, -0.05) is 13.8 Å². The zero-order chi connectivity index (χ0) is 22.7. The van der Waals surface area contributed by atoms with Gasteiger partial charge in [0.05, 0.1) is 18.9 Å². The molecule has 0 amide bonds. The summed E-state index contributed by atoms with van der Waals surface area (Å²) in [6, 6.07) is 5.46. The molecule has 2 aliphatic rings. The Balaban J connectivity index is 1.44. The first-order chi connectivity index (χ1) is 15.4. The van der Waals surface area contributed by atoms with E-state index >= 15 is 0 Å². The standard InChI is InChI=1S/C23H32F3N5O/c1-17(2)21-16-22(27-31(21)20-14-18(23(25)26)13-19(24)15-20)30-7-5-28(6-8-30)3-4-29-9-11-32-12-10-29/h13-17,23H,3-12H2,1-2H3. The number of halogens is 3. The Morgan fingerprint density at radius 2 is 1.56 bits per heavy atom. The van der Waals surface area contributed by atoms with E-state index in [4.69, 9.17) is 9.84 Å². The lowest BCUT2D eigenvalue weighted by Crippen LogP contribution is -2.49. The van der Waals surface area contributed by atoms with E-state index in [0.717, 1.165) is 83.1 Å². The lowest BCUT2D eigenvalue weighted by atomic mass is 10.1. The van der Waals surface area contributed by atoms with Crippen LogP contribution in [0.15, 0.2) is 24.3 Å². The van der Waals surface area contributed by atoms with E-state index in [1.54, 1.807) is 4.68 Å². The summed E-state index contributed by atoms with van der Waals surface area (Å²) in [4.78, 5) is 7.13. The molecule has 1 aromatic carbocycles. The van der Waals surface area contributed by atoms with Gasteiger partial charge in [-0.25, -0.2) is 17.9 Å². The quantitative estimate of drug-likeness (QED) is 0.644. The first-order valence-electron chi connectivity index (χ1n) is 11.4. The van der Waals surface area contributed by atoms with Crippen molar-refractivity contribution in [3.05, 3.63) is 41.3 Å². The Hall–Kier alpha value is -2.10. The number of hydrogen-bond donors (Lipinski definition) is 0. The number of hydrogen-bond acceptors (Lipinski definition) is 5. The predicted molar refractivity (Wildman–Crippen MR) is 118 cm³/mol. The van der Waals surface area contributed by atoms with Crippen LogP contribution in [0.5, 0.6) is 0 Å². The maximum Gasteiger partial charge on any atom is 0.264 e. The fraction of sp³-hybridized carbons (Fsp3) is 0.609. The molecular weight excluding hydrogens is 419 g/mol. The minimum Gasteiger partial charge on any atom is -0.379 e. The Bertz CT molecular complexity index is 890. The number of piperazine rings is 1. The highest BCUT2D eigenvalue weighted by atomic mass is 19.3. The van der Waals surface area contributed by atoms with Crippen LogP contribution in [-0.2, 0) is 4.74 Å². The molecule has 0 N–H and O–H groups in total. The molecule has 32 heavy (non-hydrogen) atoms. The summed E-state index contributed by atoms with van der Waals surface area (Å²) < 4.78 is 47.4. The summed E-state index contributed by atoms with van der Waals surface area (Å²) in [5.41, 5.74) is 0.876. The van der Waals surface area contributed by atoms with Crippen molar-refractivity contribution in [2.75, 3.05) is 70.5 Å². The normalized spacial score (nSPS) is 18.8. The van der Waals surface area contributed by atoms with E-state index in [1.165, 1.54) is 12.1 Å². The summed E-state index contributed by atoms with van der Waals surface area (Å²) >= 11 is 0. The molecule has 0 radical (unpaired) electrons. The third-order valence-electron chi connectivity index (χ3n) is 6.25. The van der Waals surface area contributed by atoms with Crippen LogP contribution < -0.4 is 4.90 Å². The van der Waals surface area contributed by atoms with Gasteiger partial charge in [0.25, 0.3) is 6.43 Å². The number of nitrogens with zero attached hydrogens (tertiary/aromatic N) is 5. The molecule has 0 aliphatic carbocycles. The molecule has 2 aliphatic heterocycles. The third kappa shape index (κ3) is 5.44. The maximum atomic E-state index is 14.0. The van der Waals surface area contributed by atoms with Crippen LogP contribution in [0.3, 0.4) is 0 Å². The average molecular weight is 452 g/mol. The van der Waals surface area contributed by atoms with Crippen molar-refractivity contribution in [2.24, 2.45) is 0 Å². The van der Waals surface area contributed by atoms with Crippen molar-refractivity contribution in [1.29, 1.82) is 0 Å². The van der Waals surface area contributed by atoms with Crippen LogP contribution in [-0.4, -0.2) is 85.2 Å². The number of morpholine rings is 1. The fourth-order valence-corrected chi connectivity index (χ4v) is 4.31. The van der Waals surface area contributed by atoms with Gasteiger partial charge < -0.3 is 9.64 Å². The van der Waals surface area contributed by atoms with Crippen LogP contribution in [0.1, 0.15) is 37.4 Å². The molecule has 6 nitrogen and oxygen atoms in total. The number of benzene rings is 1. The average Bonchev–Trinajstić information content (AvgIpc) is 3.24. The Labute approximate surface area is 187 Å². The minimum atomic E-state index is -2.73. The molecule has 2 fully saturated rings. The lowest BCUT2D eigenvalue weighted by Gasteiger charge is -2.36. The predicted octanol–water partition coefficient (Wildman–Crippen LogP) is 3.53. The highest BCUT2D eigenvalue weighted by Gasteiger charge is 2.23. The molecule has 0 bridgehead atoms. The van der Waals surface area contributed by atoms with Crippen LogP contribution in [0, 0.1) is 5.82 Å². The topological polar surface area (TPSA) is 36.8 Å². The van der Waals surface area contributed by atoms with E-state index in [-0.39, 0.29) is 11.5 Å². The van der Waals surface area contributed by atoms with Crippen molar-refractivity contribution in [2.45, 2.75) is 26.2 Å². The number of aromatic nitrogens is 2. The molecule has 9 heteroatoms. The highest BCUT2D eigenvalue weighted by molar-refractivity contribution is 5.46. The highest BCUT2D eigenvalue weighted by Crippen LogP contribution is 2.28. The van der Waals surface area contributed by atoms with Gasteiger partial charge in [-0.15, -0.1) is 0 Å². The monoisotopic (exact) mass is 451 g/mol. The zero-order valence-electron chi connectivity index (χ0n) is 18.8. The molecule has 176 valence electrons. The van der Waals surface area contributed by atoms with Crippen LogP contribution in [0.2, 0.25) is 0 Å². The molecule has 1 aromatic heterocycles. The summed E-state index contributed by atoms with van der Waals surface area (Å²) in [7, 11) is 0. The van der Waals surface area contributed by atoms with E-state index < -0.39 is 12.2 Å². The Kier molecular flexibility index (Phi) is 7.37. The van der Waals surface area contributed by atoms with Crippen LogP contribution in [0.25, 0.3) is 5.69 Å². The first-order valence-corrected chi connectivity index (χ1v) is 11.4. The summed E-state index contributed by atoms with van der Waals surface area (Å²) in [5.74, 6) is 0.243. The van der Waals surface area contributed by atoms with Gasteiger partial charge in [0.1, 0.15) is 5.82 Å². The van der Waals surface area contributed by atoms with E-state index in [1.807, 2.05) is 19.9 Å². The van der Waals surface area contributed by atoms with Gasteiger partial charge in [-0.3, -0.25) is 9.80 Å². The molecule has 0 atom stereocenters. The smallest absolute Gasteiger partial charge is 0.264 e. The first kappa shape index (κ1) is 23.1. The van der Waals surface area contributed by atoms with E-state index in [2.05, 4.69) is 14.7 Å². The van der Waals surface area contributed by atoms with Gasteiger partial charge in [0.15, 0.2) is 5.82 Å². The largest absolute Gasteiger partial charge is 0.379 e. The third-order valence-corrected chi connectivity index (χ3v) is 6.25. The molecule has 0 saturated carbocycles. The minimum absolute atomic E-state index is 0.115. The molecule has 2 aromatic rings. The summed E-state index contributed by atoms with van der Waals surface area (Å²) in [6.07, 6.45) is -2.73. The van der Waals surface area contributed by atoms with Crippen molar-refractivity contribution < 1.29 is 17.9 Å². The van der Waals surface area contributed by atoms with Crippen LogP contribution in [0.4, 0.5) is 19.0 Å².